The monoisotopic (exact) mass is 496 g/mol. The molecule has 0 aromatic heterocycles. The van der Waals surface area contributed by atoms with Gasteiger partial charge in [-0.2, -0.15) is 0 Å². The Bertz CT molecular complexity index is 867. The van der Waals surface area contributed by atoms with Gasteiger partial charge in [0.2, 0.25) is 0 Å². The Kier molecular flexibility index (Phi) is 6.84. The predicted octanol–water partition coefficient (Wildman–Crippen LogP) is 4.03. The van der Waals surface area contributed by atoms with Crippen molar-refractivity contribution in [1.29, 1.82) is 0 Å². The van der Waals surface area contributed by atoms with Gasteiger partial charge in [-0.1, -0.05) is 12.1 Å². The standard InChI is InChI=1S/C20H21IN2O5/c1-27-16-5-2-4-14(10-16)12-22(13-17-6-3-9-28-17)20(24)18-8-7-15(23(25)26)11-19(18)21/h2,4-5,7-8,10-11,17H,3,6,9,12-13H2,1H3. The van der Waals surface area contributed by atoms with Gasteiger partial charge in [-0.05, 0) is 59.2 Å². The van der Waals surface area contributed by atoms with Crippen molar-refractivity contribution in [2.45, 2.75) is 25.5 Å². The normalized spacial score (nSPS) is 16.0. The maximum Gasteiger partial charge on any atom is 0.270 e. The number of carbonyl (C=O) groups excluding carboxylic acids is 1. The van der Waals surface area contributed by atoms with Gasteiger partial charge < -0.3 is 14.4 Å². The van der Waals surface area contributed by atoms with Gasteiger partial charge in [0.05, 0.1) is 23.7 Å². The lowest BCUT2D eigenvalue weighted by molar-refractivity contribution is -0.384. The van der Waals surface area contributed by atoms with Crippen LogP contribution in [0, 0.1) is 13.7 Å². The quantitative estimate of drug-likeness (QED) is 0.329. The summed E-state index contributed by atoms with van der Waals surface area (Å²) in [4.78, 5) is 25.5. The van der Waals surface area contributed by atoms with Crippen LogP contribution in [0.1, 0.15) is 28.8 Å². The van der Waals surface area contributed by atoms with Crippen LogP contribution in [0.15, 0.2) is 42.5 Å². The lowest BCUT2D eigenvalue weighted by atomic mass is 10.1. The van der Waals surface area contributed by atoms with E-state index < -0.39 is 4.92 Å². The van der Waals surface area contributed by atoms with Crippen molar-refractivity contribution < 1.29 is 19.2 Å². The fraction of sp³-hybridized carbons (Fsp3) is 0.350. The van der Waals surface area contributed by atoms with E-state index in [0.29, 0.717) is 28.8 Å². The Balaban J connectivity index is 1.86. The number of nitro benzene ring substituents is 1. The van der Waals surface area contributed by atoms with Gasteiger partial charge in [-0.15, -0.1) is 0 Å². The van der Waals surface area contributed by atoms with E-state index in [1.165, 1.54) is 18.2 Å². The molecule has 1 aliphatic rings. The number of hydrogen-bond donors (Lipinski definition) is 0. The average Bonchev–Trinajstić information content (AvgIpc) is 3.20. The fourth-order valence-corrected chi connectivity index (χ4v) is 3.94. The number of nitro groups is 1. The summed E-state index contributed by atoms with van der Waals surface area (Å²) < 4.78 is 11.6. The van der Waals surface area contributed by atoms with Crippen molar-refractivity contribution in [3.8, 4) is 5.75 Å². The van der Waals surface area contributed by atoms with Crippen LogP contribution in [-0.2, 0) is 11.3 Å². The van der Waals surface area contributed by atoms with Crippen LogP contribution in [-0.4, -0.2) is 42.1 Å². The molecule has 1 fully saturated rings. The Hall–Kier alpha value is -2.20. The molecule has 1 amide bonds. The second-order valence-corrected chi connectivity index (χ2v) is 7.76. The SMILES string of the molecule is COc1cccc(CN(CC2CCCO2)C(=O)c2ccc([N+](=O)[O-])cc2I)c1. The summed E-state index contributed by atoms with van der Waals surface area (Å²) in [5.41, 5.74) is 1.37. The van der Waals surface area contributed by atoms with E-state index in [-0.39, 0.29) is 17.7 Å². The third-order valence-corrected chi connectivity index (χ3v) is 5.53. The maximum absolute atomic E-state index is 13.3. The number of hydrogen-bond acceptors (Lipinski definition) is 5. The molecular weight excluding hydrogens is 475 g/mol. The van der Waals surface area contributed by atoms with E-state index in [2.05, 4.69) is 0 Å². The van der Waals surface area contributed by atoms with Gasteiger partial charge >= 0.3 is 0 Å². The van der Waals surface area contributed by atoms with Crippen LogP contribution < -0.4 is 4.74 Å². The fourth-order valence-electron chi connectivity index (χ4n) is 3.21. The number of rotatable bonds is 7. The zero-order valence-corrected chi connectivity index (χ0v) is 17.6. The number of carbonyl (C=O) groups is 1. The highest BCUT2D eigenvalue weighted by Gasteiger charge is 2.25. The van der Waals surface area contributed by atoms with Crippen LogP contribution in [0.3, 0.4) is 0 Å². The molecule has 1 aliphatic heterocycles. The highest BCUT2D eigenvalue weighted by Crippen LogP contribution is 2.24. The number of halogens is 1. The molecule has 2 aromatic carbocycles. The molecule has 3 rings (SSSR count). The van der Waals surface area contributed by atoms with Crippen molar-refractivity contribution in [2.75, 3.05) is 20.3 Å². The molecule has 0 radical (unpaired) electrons. The van der Waals surface area contributed by atoms with Gasteiger partial charge in [0.25, 0.3) is 11.6 Å². The number of nitrogens with zero attached hydrogens (tertiary/aromatic N) is 2. The Morgan fingerprint density at radius 2 is 2.18 bits per heavy atom. The van der Waals surface area contributed by atoms with Crippen molar-refractivity contribution in [3.05, 3.63) is 67.3 Å². The number of amides is 1. The summed E-state index contributed by atoms with van der Waals surface area (Å²) in [5, 5.41) is 11.0. The Labute approximate surface area is 176 Å². The van der Waals surface area contributed by atoms with Crippen molar-refractivity contribution >= 4 is 34.2 Å². The summed E-state index contributed by atoms with van der Waals surface area (Å²) in [6.07, 6.45) is 1.91. The number of ether oxygens (including phenoxy) is 2. The molecule has 0 spiro atoms. The molecule has 148 valence electrons. The molecule has 2 aromatic rings. The molecule has 1 saturated heterocycles. The second-order valence-electron chi connectivity index (χ2n) is 6.59. The molecule has 0 bridgehead atoms. The second kappa shape index (κ2) is 9.33. The number of non-ortho nitro benzene ring substituents is 1. The lowest BCUT2D eigenvalue weighted by Crippen LogP contribution is -2.37. The first-order chi connectivity index (χ1) is 13.5. The lowest BCUT2D eigenvalue weighted by Gasteiger charge is -2.26. The minimum atomic E-state index is -0.462. The van der Waals surface area contributed by atoms with E-state index in [1.807, 2.05) is 46.9 Å². The smallest absolute Gasteiger partial charge is 0.270 e. The van der Waals surface area contributed by atoms with Gasteiger partial charge in [-0.3, -0.25) is 14.9 Å². The predicted molar refractivity (Wildman–Crippen MR) is 113 cm³/mol. The number of benzene rings is 2. The van der Waals surface area contributed by atoms with E-state index in [4.69, 9.17) is 9.47 Å². The van der Waals surface area contributed by atoms with Gasteiger partial charge in [0.1, 0.15) is 5.75 Å². The minimum Gasteiger partial charge on any atom is -0.497 e. The molecule has 0 N–H and O–H groups in total. The molecular formula is C20H21IN2O5. The molecule has 7 nitrogen and oxygen atoms in total. The zero-order valence-electron chi connectivity index (χ0n) is 15.5. The summed E-state index contributed by atoms with van der Waals surface area (Å²) in [6, 6.07) is 11.9. The summed E-state index contributed by atoms with van der Waals surface area (Å²) in [7, 11) is 1.60. The first-order valence-electron chi connectivity index (χ1n) is 8.95. The molecule has 1 atom stereocenters. The van der Waals surface area contributed by atoms with Crippen LogP contribution in [0.5, 0.6) is 5.75 Å². The summed E-state index contributed by atoms with van der Waals surface area (Å²) >= 11 is 1.97. The van der Waals surface area contributed by atoms with Crippen molar-refractivity contribution in [1.82, 2.24) is 4.90 Å². The summed E-state index contributed by atoms with van der Waals surface area (Å²) in [5.74, 6) is 0.560. The molecule has 0 saturated carbocycles. The maximum atomic E-state index is 13.3. The molecule has 28 heavy (non-hydrogen) atoms. The first-order valence-corrected chi connectivity index (χ1v) is 10.0. The highest BCUT2D eigenvalue weighted by atomic mass is 127. The van der Waals surface area contributed by atoms with Gasteiger partial charge in [0, 0.05) is 35.4 Å². The van der Waals surface area contributed by atoms with E-state index in [9.17, 15) is 14.9 Å². The number of methoxy groups -OCH3 is 1. The third-order valence-electron chi connectivity index (χ3n) is 4.64. The minimum absolute atomic E-state index is 0.00488. The van der Waals surface area contributed by atoms with Crippen LogP contribution >= 0.6 is 22.6 Å². The van der Waals surface area contributed by atoms with Crippen LogP contribution in [0.4, 0.5) is 5.69 Å². The first kappa shape index (κ1) is 20.5. The van der Waals surface area contributed by atoms with E-state index in [1.54, 1.807) is 12.0 Å². The van der Waals surface area contributed by atoms with Crippen LogP contribution in [0.2, 0.25) is 0 Å². The largest absolute Gasteiger partial charge is 0.497 e. The third kappa shape index (κ3) is 4.99. The average molecular weight is 496 g/mol. The van der Waals surface area contributed by atoms with Crippen LogP contribution in [0.25, 0.3) is 0 Å². The van der Waals surface area contributed by atoms with Crippen molar-refractivity contribution in [2.24, 2.45) is 0 Å². The van der Waals surface area contributed by atoms with Gasteiger partial charge in [0.15, 0.2) is 0 Å². The topological polar surface area (TPSA) is 81.9 Å². The van der Waals surface area contributed by atoms with Gasteiger partial charge in [-0.25, -0.2) is 0 Å². The summed E-state index contributed by atoms with van der Waals surface area (Å²) in [6.45, 7) is 1.59. The van der Waals surface area contributed by atoms with E-state index >= 15 is 0 Å². The molecule has 1 unspecified atom stereocenters. The highest BCUT2D eigenvalue weighted by molar-refractivity contribution is 14.1. The van der Waals surface area contributed by atoms with Crippen molar-refractivity contribution in [3.63, 3.8) is 0 Å². The molecule has 1 heterocycles. The molecule has 0 aliphatic carbocycles. The Morgan fingerprint density at radius 1 is 1.36 bits per heavy atom. The zero-order chi connectivity index (χ0) is 20.1. The Morgan fingerprint density at radius 3 is 2.82 bits per heavy atom. The molecule has 8 heteroatoms. The van der Waals surface area contributed by atoms with E-state index in [0.717, 1.165) is 24.2 Å².